The lowest BCUT2D eigenvalue weighted by Crippen LogP contribution is -2.14. The fourth-order valence-corrected chi connectivity index (χ4v) is 23.8. The Balaban J connectivity index is 0.000000102. The molecular formula is C126H81N9OS. The van der Waals surface area contributed by atoms with Gasteiger partial charge in [-0.25, -0.2) is 15.0 Å². The van der Waals surface area contributed by atoms with E-state index in [0.717, 1.165) is 83.3 Å². The molecule has 1 aliphatic rings. The number of aromatic nitrogens is 9. The number of hydrogen-bond acceptors (Lipinski definition) is 5. The highest BCUT2D eigenvalue weighted by Gasteiger charge is 2.36. The van der Waals surface area contributed by atoms with Gasteiger partial charge in [-0.2, -0.15) is 0 Å². The van der Waals surface area contributed by atoms with Crippen LogP contribution in [-0.2, 0) is 5.41 Å². The minimum absolute atomic E-state index is 0.0000470. The lowest BCUT2D eigenvalue weighted by Gasteiger charge is -2.21. The second-order valence-corrected chi connectivity index (χ2v) is 37.6. The molecule has 0 N–H and O–H groups in total. The number of nitrogens with zero attached hydrogens (tertiary/aromatic N) is 9. The van der Waals surface area contributed by atoms with Gasteiger partial charge < -0.3 is 27.3 Å². The van der Waals surface area contributed by atoms with Crippen LogP contribution in [0.2, 0.25) is 0 Å². The molecular weight excluding hydrogens is 1690 g/mol. The van der Waals surface area contributed by atoms with Crippen molar-refractivity contribution >= 4 is 184 Å². The maximum atomic E-state index is 6.20. The topological polar surface area (TPSA) is 81.4 Å². The molecule has 0 saturated carbocycles. The van der Waals surface area contributed by atoms with Crippen LogP contribution in [0, 0.1) is 0 Å². The summed E-state index contributed by atoms with van der Waals surface area (Å²) in [4.78, 5) is 13.3. The van der Waals surface area contributed by atoms with Crippen LogP contribution in [0.3, 0.4) is 0 Å². The summed E-state index contributed by atoms with van der Waals surface area (Å²) in [5.74, 6) is 0.604. The Hall–Kier alpha value is -17.8. The second kappa shape index (κ2) is 30.7. The summed E-state index contributed by atoms with van der Waals surface area (Å²) < 4.78 is 23.2. The summed E-state index contributed by atoms with van der Waals surface area (Å²) in [7, 11) is 0. The zero-order valence-corrected chi connectivity index (χ0v) is 75.5. The first kappa shape index (κ1) is 77.9. The van der Waals surface area contributed by atoms with Crippen LogP contribution in [0.25, 0.3) is 252 Å². The molecule has 9 heterocycles. The van der Waals surface area contributed by atoms with Gasteiger partial charge in [0.15, 0.2) is 0 Å². The Morgan fingerprint density at radius 1 is 0.212 bits per heavy atom. The van der Waals surface area contributed by atoms with Gasteiger partial charge in [-0.1, -0.05) is 323 Å². The van der Waals surface area contributed by atoms with Crippen LogP contribution in [0.1, 0.15) is 25.0 Å². The standard InChI is InChI=1S/C42H29N5.C42H26N2O.C42H26N2S/c1-42(2)35-12-6-3-9-29(35)34-23-27(17-22-36(34)42)26-15-18-28(19-16-26)46-37-13-7-4-10-30(37)32-20-21-33-31-11-5-8-14-38(31)47(40(33)39(32)46)41-44-24-43-25-45-41;2*1-2-10-29(11-3-1)43-37-15-7-4-12-31(37)35-24-25-36-32-13-5-8-16-38(32)44(42(36)41(35)43)30-21-18-27(19-22-30)28-20-23-34-33-14-6-9-17-39(33)45-40(34)26-28/h3-25H,1-2H3;2*1-26H. The molecule has 0 atom stereocenters. The highest BCUT2D eigenvalue weighted by atomic mass is 32.1. The van der Waals surface area contributed by atoms with E-state index in [-0.39, 0.29) is 5.41 Å². The fraction of sp³-hybridized carbons (Fsp3) is 0.0238. The molecule has 137 heavy (non-hydrogen) atoms. The van der Waals surface area contributed by atoms with Crippen molar-refractivity contribution in [3.8, 4) is 78.9 Å². The minimum Gasteiger partial charge on any atom is -0.456 e. The predicted octanol–water partition coefficient (Wildman–Crippen LogP) is 33.4. The molecule has 10 nitrogen and oxygen atoms in total. The smallest absolute Gasteiger partial charge is 0.237 e. The van der Waals surface area contributed by atoms with Gasteiger partial charge in [0.05, 0.1) is 66.2 Å². The zero-order chi connectivity index (χ0) is 90.2. The molecule has 0 radical (unpaired) electrons. The number of furan rings is 1. The van der Waals surface area contributed by atoms with Crippen molar-refractivity contribution in [2.45, 2.75) is 19.3 Å². The van der Waals surface area contributed by atoms with Gasteiger partial charge in [-0.15, -0.1) is 11.3 Å². The van der Waals surface area contributed by atoms with Crippen LogP contribution in [0.15, 0.2) is 460 Å². The van der Waals surface area contributed by atoms with Crippen molar-refractivity contribution in [2.24, 2.45) is 0 Å². The molecule has 11 heteroatoms. The number of benzene rings is 20. The van der Waals surface area contributed by atoms with E-state index in [4.69, 9.17) is 4.42 Å². The van der Waals surface area contributed by atoms with Crippen LogP contribution >= 0.6 is 11.3 Å². The zero-order valence-electron chi connectivity index (χ0n) is 74.6. The Morgan fingerprint density at radius 2 is 0.511 bits per heavy atom. The third-order valence-corrected chi connectivity index (χ3v) is 30.0. The van der Waals surface area contributed by atoms with E-state index in [1.165, 1.54) is 174 Å². The van der Waals surface area contributed by atoms with Gasteiger partial charge in [0.2, 0.25) is 5.95 Å². The number of para-hydroxylation sites is 9. The summed E-state index contributed by atoms with van der Waals surface area (Å²) in [5.41, 5.74) is 34.4. The predicted molar refractivity (Wildman–Crippen MR) is 573 cm³/mol. The molecule has 29 aromatic rings. The fourth-order valence-electron chi connectivity index (χ4n) is 22.7. The summed E-state index contributed by atoms with van der Waals surface area (Å²) >= 11 is 1.87. The molecule has 0 unspecified atom stereocenters. The van der Waals surface area contributed by atoms with Crippen molar-refractivity contribution in [1.82, 2.24) is 42.4 Å². The molecule has 1 aliphatic carbocycles. The summed E-state index contributed by atoms with van der Waals surface area (Å²) in [6.07, 6.45) is 3.13. The molecule has 0 bridgehead atoms. The van der Waals surface area contributed by atoms with E-state index in [2.05, 4.69) is 487 Å². The van der Waals surface area contributed by atoms with Gasteiger partial charge in [0.1, 0.15) is 23.8 Å². The molecule has 0 amide bonds. The Morgan fingerprint density at radius 3 is 0.956 bits per heavy atom. The van der Waals surface area contributed by atoms with Crippen LogP contribution < -0.4 is 0 Å². The number of hydrogen-bond donors (Lipinski definition) is 0. The van der Waals surface area contributed by atoms with Crippen molar-refractivity contribution < 1.29 is 4.42 Å². The normalized spacial score (nSPS) is 12.5. The molecule has 642 valence electrons. The van der Waals surface area contributed by atoms with Gasteiger partial charge in [-0.3, -0.25) is 4.57 Å². The first-order valence-corrected chi connectivity index (χ1v) is 47.6. The molecule has 20 aromatic carbocycles. The number of fused-ring (bicyclic) bond motifs is 30. The monoisotopic (exact) mass is 1770 g/mol. The Kier molecular flexibility index (Phi) is 17.4. The van der Waals surface area contributed by atoms with Crippen LogP contribution in [0.5, 0.6) is 0 Å². The Bertz CT molecular complexity index is 9620. The summed E-state index contributed by atoms with van der Waals surface area (Å²) in [6.45, 7) is 4.66. The maximum absolute atomic E-state index is 6.20. The molecule has 0 fully saturated rings. The lowest BCUT2D eigenvalue weighted by atomic mass is 9.82. The minimum atomic E-state index is -0.0000470. The number of thiophene rings is 1. The lowest BCUT2D eigenvalue weighted by molar-refractivity contribution is 0.660. The van der Waals surface area contributed by atoms with Crippen LogP contribution in [-0.4, -0.2) is 42.4 Å². The highest BCUT2D eigenvalue weighted by Crippen LogP contribution is 2.52. The summed E-state index contributed by atoms with van der Waals surface area (Å²) in [5, 5.41) is 19.8. The molecule has 0 aliphatic heterocycles. The van der Waals surface area contributed by atoms with E-state index < -0.39 is 0 Å². The van der Waals surface area contributed by atoms with Gasteiger partial charge in [0, 0.05) is 129 Å². The van der Waals surface area contributed by atoms with E-state index in [1.807, 2.05) is 23.5 Å². The van der Waals surface area contributed by atoms with Gasteiger partial charge in [0.25, 0.3) is 0 Å². The average Bonchev–Trinajstić information content (AvgIpc) is 1.55. The molecule has 0 saturated heterocycles. The van der Waals surface area contributed by atoms with E-state index in [0.29, 0.717) is 5.95 Å². The third-order valence-electron chi connectivity index (χ3n) is 28.8. The largest absolute Gasteiger partial charge is 0.456 e. The van der Waals surface area contributed by atoms with E-state index in [1.54, 1.807) is 12.7 Å². The molecule has 0 spiro atoms. The first-order chi connectivity index (χ1) is 67.8. The molecule has 9 aromatic heterocycles. The second-order valence-electron chi connectivity index (χ2n) is 36.5. The summed E-state index contributed by atoms with van der Waals surface area (Å²) in [6, 6.07) is 161. The van der Waals surface area contributed by atoms with Crippen LogP contribution in [0.4, 0.5) is 0 Å². The van der Waals surface area contributed by atoms with Crippen molar-refractivity contribution in [2.75, 3.05) is 0 Å². The first-order valence-electron chi connectivity index (χ1n) is 46.7. The van der Waals surface area contributed by atoms with Gasteiger partial charge >= 0.3 is 0 Å². The van der Waals surface area contributed by atoms with E-state index in [9.17, 15) is 0 Å². The molecule has 30 rings (SSSR count). The van der Waals surface area contributed by atoms with E-state index >= 15 is 0 Å². The average molecular weight is 1770 g/mol. The third kappa shape index (κ3) is 12.0. The van der Waals surface area contributed by atoms with Crippen molar-refractivity contribution in [3.05, 3.63) is 467 Å². The van der Waals surface area contributed by atoms with Crippen molar-refractivity contribution in [1.29, 1.82) is 0 Å². The van der Waals surface area contributed by atoms with Gasteiger partial charge in [-0.05, 0) is 189 Å². The maximum Gasteiger partial charge on any atom is 0.237 e. The quantitative estimate of drug-likeness (QED) is 0.144. The van der Waals surface area contributed by atoms with Crippen molar-refractivity contribution in [3.63, 3.8) is 0 Å². The SMILES string of the molecule is CC1(C)c2ccccc2-c2cc(-c3ccc(-n4c5ccccc5c5ccc6c7ccccc7n(-c7ncncn7)c6c54)cc3)ccc21.c1ccc(-n2c3ccccc3c3ccc4c5ccccc5n(-c5ccc(-c6ccc7c(c6)oc6ccccc67)cc5)c4c32)cc1.c1ccc(-n2c3ccccc3c3ccc4c5ccccc5n(-c5ccc(-c6ccc7c(c6)sc6ccccc67)cc5)c4c32)cc1. The highest BCUT2D eigenvalue weighted by molar-refractivity contribution is 7.25. The number of rotatable bonds is 9. The Labute approximate surface area is 790 Å².